The molecule has 0 spiro atoms. The minimum atomic E-state index is 0.0202. The first kappa shape index (κ1) is 14.1. The van der Waals surface area contributed by atoms with Crippen molar-refractivity contribution in [1.29, 1.82) is 5.26 Å². The second-order valence-corrected chi connectivity index (χ2v) is 4.63. The molecule has 0 saturated carbocycles. The lowest BCUT2D eigenvalue weighted by Crippen LogP contribution is -2.06. The summed E-state index contributed by atoms with van der Waals surface area (Å²) in [6, 6.07) is 9.26. The molecule has 102 valence electrons. The van der Waals surface area contributed by atoms with Gasteiger partial charge in [-0.05, 0) is 12.1 Å². The molecule has 7 heteroatoms. The van der Waals surface area contributed by atoms with E-state index >= 15 is 0 Å². The van der Waals surface area contributed by atoms with Gasteiger partial charge in [0, 0.05) is 10.9 Å². The molecule has 6 nitrogen and oxygen atoms in total. The van der Waals surface area contributed by atoms with Gasteiger partial charge >= 0.3 is 0 Å². The number of nitrogens with zero attached hydrogens (tertiary/aromatic N) is 3. The number of alkyl halides is 1. The highest BCUT2D eigenvalue weighted by atomic mass is 79.9. The number of benzene rings is 1. The largest absolute Gasteiger partial charge is 0.492 e. The zero-order valence-corrected chi connectivity index (χ0v) is 12.1. The molecule has 0 amide bonds. The molecule has 1 aromatic carbocycles. The highest BCUT2D eigenvalue weighted by Crippen LogP contribution is 2.32. The van der Waals surface area contributed by atoms with Crippen molar-refractivity contribution in [2.24, 2.45) is 0 Å². The third-order valence-corrected chi connectivity index (χ3v) is 2.87. The van der Waals surface area contributed by atoms with Gasteiger partial charge in [-0.2, -0.15) is 10.2 Å². The molecule has 1 heterocycles. The van der Waals surface area contributed by atoms with Crippen LogP contribution in [0.5, 0.6) is 5.75 Å². The van der Waals surface area contributed by atoms with Crippen molar-refractivity contribution in [2.45, 2.75) is 0 Å². The second kappa shape index (κ2) is 6.21. The van der Waals surface area contributed by atoms with E-state index in [1.54, 1.807) is 12.1 Å². The van der Waals surface area contributed by atoms with Crippen LogP contribution in [-0.4, -0.2) is 21.9 Å². The zero-order valence-electron chi connectivity index (χ0n) is 10.5. The first-order valence-electron chi connectivity index (χ1n) is 5.78. The van der Waals surface area contributed by atoms with Gasteiger partial charge in [0.2, 0.25) is 5.95 Å². The smallest absolute Gasteiger partial charge is 0.222 e. The first-order chi connectivity index (χ1) is 9.67. The lowest BCUT2D eigenvalue weighted by Gasteiger charge is -2.12. The van der Waals surface area contributed by atoms with Crippen molar-refractivity contribution in [3.05, 3.63) is 29.8 Å². The summed E-state index contributed by atoms with van der Waals surface area (Å²) in [6.07, 6.45) is 0. The van der Waals surface area contributed by atoms with Crippen molar-refractivity contribution in [1.82, 2.24) is 9.97 Å². The van der Waals surface area contributed by atoms with Gasteiger partial charge in [0.25, 0.3) is 0 Å². The Kier molecular flexibility index (Phi) is 4.38. The van der Waals surface area contributed by atoms with Gasteiger partial charge in [0.05, 0.1) is 12.3 Å². The summed E-state index contributed by atoms with van der Waals surface area (Å²) in [7, 11) is 0. The van der Waals surface area contributed by atoms with Crippen molar-refractivity contribution in [2.75, 3.05) is 23.4 Å². The predicted octanol–water partition coefficient (Wildman–Crippen LogP) is 1.95. The molecule has 4 N–H and O–H groups in total. The summed E-state index contributed by atoms with van der Waals surface area (Å²) in [5.41, 5.74) is 12.6. The van der Waals surface area contributed by atoms with E-state index in [-0.39, 0.29) is 17.3 Å². The van der Waals surface area contributed by atoms with Gasteiger partial charge in [-0.3, -0.25) is 0 Å². The van der Waals surface area contributed by atoms with Gasteiger partial charge in [-0.1, -0.05) is 28.1 Å². The van der Waals surface area contributed by atoms with Crippen LogP contribution in [0.4, 0.5) is 11.8 Å². The number of nitrogen functional groups attached to an aromatic ring is 2. The Morgan fingerprint density at radius 3 is 2.70 bits per heavy atom. The van der Waals surface area contributed by atoms with Crippen LogP contribution >= 0.6 is 15.9 Å². The summed E-state index contributed by atoms with van der Waals surface area (Å²) in [4.78, 5) is 7.91. The lowest BCUT2D eigenvalue weighted by atomic mass is 10.1. The van der Waals surface area contributed by atoms with E-state index in [4.69, 9.17) is 16.2 Å². The van der Waals surface area contributed by atoms with Crippen LogP contribution in [0.3, 0.4) is 0 Å². The quantitative estimate of drug-likeness (QED) is 0.827. The number of nitrogens with two attached hydrogens (primary N) is 2. The van der Waals surface area contributed by atoms with Crippen LogP contribution in [0.25, 0.3) is 11.3 Å². The Morgan fingerprint density at radius 2 is 2.00 bits per heavy atom. The van der Waals surface area contributed by atoms with E-state index in [9.17, 15) is 5.26 Å². The van der Waals surface area contributed by atoms with E-state index in [1.807, 2.05) is 18.2 Å². The van der Waals surface area contributed by atoms with Crippen molar-refractivity contribution in [3.63, 3.8) is 0 Å². The van der Waals surface area contributed by atoms with Crippen LogP contribution < -0.4 is 16.2 Å². The van der Waals surface area contributed by atoms with Crippen LogP contribution in [0.2, 0.25) is 0 Å². The molecule has 0 atom stereocenters. The average molecular weight is 334 g/mol. The molecule has 2 rings (SSSR count). The number of aromatic nitrogens is 2. The number of halogens is 1. The summed E-state index contributed by atoms with van der Waals surface area (Å²) in [6.45, 7) is 0.495. The maximum Gasteiger partial charge on any atom is 0.222 e. The Labute approximate surface area is 124 Å². The lowest BCUT2D eigenvalue weighted by molar-refractivity contribution is 0.346. The Morgan fingerprint density at radius 1 is 1.25 bits per heavy atom. The summed E-state index contributed by atoms with van der Waals surface area (Å²) < 4.78 is 5.62. The number of para-hydroxylation sites is 1. The molecular weight excluding hydrogens is 322 g/mol. The van der Waals surface area contributed by atoms with Crippen LogP contribution in [0.15, 0.2) is 24.3 Å². The van der Waals surface area contributed by atoms with Crippen molar-refractivity contribution >= 4 is 27.7 Å². The molecule has 0 unspecified atom stereocenters. The maximum atomic E-state index is 9.22. The van der Waals surface area contributed by atoms with E-state index in [0.29, 0.717) is 28.9 Å². The highest BCUT2D eigenvalue weighted by molar-refractivity contribution is 9.09. The fourth-order valence-electron chi connectivity index (χ4n) is 1.74. The van der Waals surface area contributed by atoms with Gasteiger partial charge in [0.15, 0.2) is 0 Å². The van der Waals surface area contributed by atoms with Crippen molar-refractivity contribution < 1.29 is 4.74 Å². The molecule has 0 aliphatic heterocycles. The molecule has 1 aromatic heterocycles. The van der Waals surface area contributed by atoms with E-state index in [1.165, 1.54) is 0 Å². The maximum absolute atomic E-state index is 9.22. The molecular formula is C13H12BrN5O. The molecule has 0 fully saturated rings. The molecule has 0 aliphatic rings. The Hall–Kier alpha value is -2.33. The molecule has 2 aromatic rings. The van der Waals surface area contributed by atoms with Crippen LogP contribution in [-0.2, 0) is 0 Å². The van der Waals surface area contributed by atoms with Gasteiger partial charge < -0.3 is 16.2 Å². The number of ether oxygens (including phenoxy) is 1. The van der Waals surface area contributed by atoms with Gasteiger partial charge in [-0.25, -0.2) is 4.98 Å². The van der Waals surface area contributed by atoms with E-state index in [2.05, 4.69) is 25.9 Å². The van der Waals surface area contributed by atoms with Crippen LogP contribution in [0, 0.1) is 11.3 Å². The zero-order chi connectivity index (χ0) is 14.5. The highest BCUT2D eigenvalue weighted by Gasteiger charge is 2.16. The molecule has 0 aliphatic carbocycles. The molecule has 0 saturated heterocycles. The van der Waals surface area contributed by atoms with Crippen LogP contribution in [0.1, 0.15) is 5.56 Å². The normalized spacial score (nSPS) is 10.0. The monoisotopic (exact) mass is 333 g/mol. The first-order valence-corrected chi connectivity index (χ1v) is 6.90. The molecule has 0 radical (unpaired) electrons. The number of rotatable bonds is 4. The number of hydrogen-bond donors (Lipinski definition) is 2. The summed E-state index contributed by atoms with van der Waals surface area (Å²) in [5.74, 6) is 0.693. The number of nitriles is 1. The number of hydrogen-bond acceptors (Lipinski definition) is 6. The predicted molar refractivity (Wildman–Crippen MR) is 80.3 cm³/mol. The fourth-order valence-corrected chi connectivity index (χ4v) is 1.90. The van der Waals surface area contributed by atoms with E-state index in [0.717, 1.165) is 0 Å². The Balaban J connectivity index is 2.60. The standard InChI is InChI=1S/C13H12BrN5O/c14-5-6-20-10-4-2-1-3-8(10)11-9(7-15)12(16)19-13(17)18-11/h1-4H,5-6H2,(H4,16,17,18,19). The average Bonchev–Trinajstić information content (AvgIpc) is 2.44. The third kappa shape index (κ3) is 2.81. The van der Waals surface area contributed by atoms with E-state index < -0.39 is 0 Å². The number of anilines is 2. The Bertz CT molecular complexity index is 668. The topological polar surface area (TPSA) is 111 Å². The SMILES string of the molecule is N#Cc1c(N)nc(N)nc1-c1ccccc1OCCBr. The molecule has 20 heavy (non-hydrogen) atoms. The minimum absolute atomic E-state index is 0.0202. The second-order valence-electron chi connectivity index (χ2n) is 3.84. The third-order valence-electron chi connectivity index (χ3n) is 2.54. The summed E-state index contributed by atoms with van der Waals surface area (Å²) >= 11 is 3.30. The fraction of sp³-hybridized carbons (Fsp3) is 0.154. The van der Waals surface area contributed by atoms with Crippen molar-refractivity contribution in [3.8, 4) is 23.1 Å². The molecule has 0 bridgehead atoms. The van der Waals surface area contributed by atoms with Gasteiger partial charge in [-0.15, -0.1) is 0 Å². The van der Waals surface area contributed by atoms with Gasteiger partial charge in [0.1, 0.15) is 23.2 Å². The minimum Gasteiger partial charge on any atom is -0.492 e. The summed E-state index contributed by atoms with van der Waals surface area (Å²) in [5, 5.41) is 9.91.